The van der Waals surface area contributed by atoms with Crippen LogP contribution in [0, 0.1) is 0 Å². The first-order chi connectivity index (χ1) is 15.3. The lowest BCUT2D eigenvalue weighted by atomic mass is 9.75. The van der Waals surface area contributed by atoms with E-state index >= 15 is 0 Å². The molecule has 2 atom stereocenters. The summed E-state index contributed by atoms with van der Waals surface area (Å²) in [6.45, 7) is 11.0. The molecule has 174 valence electrons. The number of hydroxylamine groups is 2. The second-order valence-electron chi connectivity index (χ2n) is 9.37. The number of rotatable bonds is 8. The van der Waals surface area contributed by atoms with E-state index in [4.69, 9.17) is 14.3 Å². The van der Waals surface area contributed by atoms with Crippen LogP contribution in [0.15, 0.2) is 60.7 Å². The molecule has 1 aliphatic rings. The van der Waals surface area contributed by atoms with E-state index in [0.29, 0.717) is 12.8 Å². The zero-order chi connectivity index (χ0) is 23.2. The average Bonchev–Trinajstić information content (AvgIpc) is 2.80. The molecule has 0 N–H and O–H groups in total. The van der Waals surface area contributed by atoms with Crippen LogP contribution in [0.25, 0.3) is 0 Å². The van der Waals surface area contributed by atoms with Crippen molar-refractivity contribution < 1.29 is 19.1 Å². The van der Waals surface area contributed by atoms with Gasteiger partial charge in [-0.1, -0.05) is 74.5 Å². The highest BCUT2D eigenvalue weighted by molar-refractivity contribution is 5.60. The first kappa shape index (κ1) is 24.3. The van der Waals surface area contributed by atoms with Crippen molar-refractivity contribution in [1.29, 1.82) is 0 Å². The molecule has 1 aliphatic heterocycles. The average molecular weight is 440 g/mol. The van der Waals surface area contributed by atoms with E-state index in [-0.39, 0.29) is 29.9 Å². The van der Waals surface area contributed by atoms with Gasteiger partial charge in [0.1, 0.15) is 18.8 Å². The molecule has 0 amide bonds. The number of nitrogens with zero attached hydrogens (tertiary/aromatic N) is 1. The van der Waals surface area contributed by atoms with Crippen molar-refractivity contribution in [3.63, 3.8) is 0 Å². The van der Waals surface area contributed by atoms with Gasteiger partial charge >= 0.3 is 6.16 Å². The largest absolute Gasteiger partial charge is 0.508 e. The molecule has 5 nitrogen and oxygen atoms in total. The van der Waals surface area contributed by atoms with Crippen LogP contribution in [0.4, 0.5) is 4.79 Å². The summed E-state index contributed by atoms with van der Waals surface area (Å²) in [7, 11) is 0. The molecular weight excluding hydrogens is 402 g/mol. The minimum atomic E-state index is -0.609. The van der Waals surface area contributed by atoms with Gasteiger partial charge in [0.2, 0.25) is 0 Å². The van der Waals surface area contributed by atoms with E-state index in [1.54, 1.807) is 0 Å². The van der Waals surface area contributed by atoms with Crippen LogP contribution in [0.3, 0.4) is 0 Å². The van der Waals surface area contributed by atoms with Gasteiger partial charge in [-0.15, -0.1) is 0 Å². The summed E-state index contributed by atoms with van der Waals surface area (Å²) >= 11 is 0. The number of carbonyl (C=O) groups is 1. The summed E-state index contributed by atoms with van der Waals surface area (Å²) in [6.07, 6.45) is 2.28. The Hall–Kier alpha value is -2.37. The second kappa shape index (κ2) is 10.5. The van der Waals surface area contributed by atoms with Crippen LogP contribution >= 0.6 is 0 Å². The highest BCUT2D eigenvalue weighted by atomic mass is 16.7. The van der Waals surface area contributed by atoms with Gasteiger partial charge in [0, 0.05) is 23.9 Å². The molecule has 1 heterocycles. The van der Waals surface area contributed by atoms with Gasteiger partial charge in [-0.2, -0.15) is 5.06 Å². The lowest BCUT2D eigenvalue weighted by Gasteiger charge is -2.56. The molecule has 0 aromatic heterocycles. The third-order valence-corrected chi connectivity index (χ3v) is 6.63. The molecule has 0 bridgehead atoms. The molecule has 0 radical (unpaired) electrons. The molecule has 5 heteroatoms. The molecule has 0 aliphatic carbocycles. The summed E-state index contributed by atoms with van der Waals surface area (Å²) in [4.78, 5) is 19.0. The van der Waals surface area contributed by atoms with E-state index in [2.05, 4.69) is 51.8 Å². The van der Waals surface area contributed by atoms with Gasteiger partial charge in [-0.3, -0.25) is 4.84 Å². The lowest BCUT2D eigenvalue weighted by Crippen LogP contribution is -2.64. The number of hydrogen-bond donors (Lipinski definition) is 0. The summed E-state index contributed by atoms with van der Waals surface area (Å²) in [5.41, 5.74) is 1.55. The zero-order valence-electron chi connectivity index (χ0n) is 20.0. The molecule has 2 aromatic rings. The van der Waals surface area contributed by atoms with E-state index in [1.165, 1.54) is 0 Å². The van der Waals surface area contributed by atoms with Crippen LogP contribution < -0.4 is 0 Å². The Morgan fingerprint density at radius 3 is 2.19 bits per heavy atom. The second-order valence-corrected chi connectivity index (χ2v) is 9.37. The van der Waals surface area contributed by atoms with E-state index in [9.17, 15) is 4.79 Å². The zero-order valence-corrected chi connectivity index (χ0v) is 20.0. The van der Waals surface area contributed by atoms with E-state index in [0.717, 1.165) is 24.0 Å². The van der Waals surface area contributed by atoms with Gasteiger partial charge < -0.3 is 9.47 Å². The number of ether oxygens (including phenoxy) is 2. The van der Waals surface area contributed by atoms with Gasteiger partial charge in [-0.05, 0) is 44.7 Å². The van der Waals surface area contributed by atoms with Crippen molar-refractivity contribution in [2.45, 2.75) is 90.2 Å². The van der Waals surface area contributed by atoms with Crippen molar-refractivity contribution in [3.8, 4) is 0 Å². The fraction of sp³-hybridized carbons (Fsp3) is 0.519. The van der Waals surface area contributed by atoms with Gasteiger partial charge in [0.05, 0.1) is 0 Å². The summed E-state index contributed by atoms with van der Waals surface area (Å²) in [6, 6.07) is 19.9. The van der Waals surface area contributed by atoms with Crippen LogP contribution in [0.5, 0.6) is 0 Å². The molecule has 0 saturated carbocycles. The Labute approximate surface area is 192 Å². The molecule has 1 fully saturated rings. The highest BCUT2D eigenvalue weighted by Gasteiger charge is 2.51. The molecule has 0 spiro atoms. The van der Waals surface area contributed by atoms with Crippen molar-refractivity contribution >= 4 is 6.16 Å². The summed E-state index contributed by atoms with van der Waals surface area (Å²) in [5, 5.41) is 2.19. The lowest BCUT2D eigenvalue weighted by molar-refractivity contribution is -0.323. The number of piperidine rings is 1. The first-order valence-electron chi connectivity index (χ1n) is 11.7. The maximum atomic E-state index is 12.4. The molecule has 32 heavy (non-hydrogen) atoms. The topological polar surface area (TPSA) is 48.0 Å². The summed E-state index contributed by atoms with van der Waals surface area (Å²) < 4.78 is 11.2. The van der Waals surface area contributed by atoms with Crippen molar-refractivity contribution in [2.24, 2.45) is 0 Å². The van der Waals surface area contributed by atoms with Crippen LogP contribution in [-0.2, 0) is 20.9 Å². The number of benzene rings is 2. The van der Waals surface area contributed by atoms with Crippen LogP contribution in [-0.4, -0.2) is 28.4 Å². The highest BCUT2D eigenvalue weighted by Crippen LogP contribution is 2.45. The third kappa shape index (κ3) is 5.70. The SMILES string of the molecule is CCC1(CC)CC(OC(=O)OCc2ccccc2)CC(C)(C)N1OC(C)c1ccccc1. The quantitative estimate of drug-likeness (QED) is 0.422. The van der Waals surface area contributed by atoms with Crippen molar-refractivity contribution in [2.75, 3.05) is 0 Å². The van der Waals surface area contributed by atoms with Crippen molar-refractivity contribution in [3.05, 3.63) is 71.8 Å². The Morgan fingerprint density at radius 1 is 1.00 bits per heavy atom. The fourth-order valence-electron chi connectivity index (χ4n) is 4.85. The number of carbonyl (C=O) groups excluding carboxylic acids is 1. The minimum Gasteiger partial charge on any atom is -0.431 e. The monoisotopic (exact) mass is 439 g/mol. The van der Waals surface area contributed by atoms with Gasteiger partial charge in [0.25, 0.3) is 0 Å². The molecular formula is C27H37NO4. The molecule has 1 saturated heterocycles. The number of hydrogen-bond acceptors (Lipinski definition) is 5. The van der Waals surface area contributed by atoms with Gasteiger partial charge in [-0.25, -0.2) is 4.79 Å². The van der Waals surface area contributed by atoms with E-state index in [1.807, 2.05) is 48.5 Å². The van der Waals surface area contributed by atoms with Crippen LogP contribution in [0.1, 0.15) is 77.5 Å². The third-order valence-electron chi connectivity index (χ3n) is 6.63. The minimum absolute atomic E-state index is 0.0683. The van der Waals surface area contributed by atoms with Gasteiger partial charge in [0.15, 0.2) is 0 Å². The van der Waals surface area contributed by atoms with E-state index < -0.39 is 6.16 Å². The maximum Gasteiger partial charge on any atom is 0.508 e. The molecule has 3 rings (SSSR count). The molecule has 2 unspecified atom stereocenters. The van der Waals surface area contributed by atoms with Crippen LogP contribution in [0.2, 0.25) is 0 Å². The fourth-order valence-corrected chi connectivity index (χ4v) is 4.85. The molecule has 2 aromatic carbocycles. The first-order valence-corrected chi connectivity index (χ1v) is 11.7. The Bertz CT molecular complexity index is 848. The Balaban J connectivity index is 1.69. The van der Waals surface area contributed by atoms with Crippen molar-refractivity contribution in [1.82, 2.24) is 5.06 Å². The predicted octanol–water partition coefficient (Wildman–Crippen LogP) is 6.83. The predicted molar refractivity (Wildman–Crippen MR) is 126 cm³/mol. The maximum absolute atomic E-state index is 12.4. The standard InChI is InChI=1S/C27H37NO4/c1-6-27(7-2)19-24(31-25(29)30-20-22-14-10-8-11-15-22)18-26(4,5)28(27)32-21(3)23-16-12-9-13-17-23/h8-17,21,24H,6-7,18-20H2,1-5H3. The normalized spacial score (nSPS) is 21.0. The summed E-state index contributed by atoms with van der Waals surface area (Å²) in [5.74, 6) is 0. The smallest absolute Gasteiger partial charge is 0.431 e. The Morgan fingerprint density at radius 2 is 1.59 bits per heavy atom. The Kier molecular flexibility index (Phi) is 7.96.